The second-order valence-electron chi connectivity index (χ2n) is 4.80. The van der Waals surface area contributed by atoms with E-state index < -0.39 is 0 Å². The van der Waals surface area contributed by atoms with Crippen molar-refractivity contribution in [2.75, 3.05) is 10.6 Å². The van der Waals surface area contributed by atoms with E-state index in [2.05, 4.69) is 36.2 Å². The third-order valence-corrected chi connectivity index (χ3v) is 3.14. The number of anilines is 2. The van der Waals surface area contributed by atoms with Crippen molar-refractivity contribution in [2.45, 2.75) is 0 Å². The van der Waals surface area contributed by atoms with Gasteiger partial charge in [0.1, 0.15) is 17.5 Å². The predicted molar refractivity (Wildman–Crippen MR) is 90.0 cm³/mol. The standard InChI is InChI=1S/C16H12N8O/c17-9-12(15-21-23-24-22-15)10-19-13-6-4-11(5-7-13)16(25)20-14-3-1-2-8-18-14/h1-8,10,19H,(H,18,20,25)(H,21,22,23,24). The molecule has 122 valence electrons. The quantitative estimate of drug-likeness (QED) is 0.607. The fourth-order valence-electron chi connectivity index (χ4n) is 1.92. The molecule has 0 saturated carbocycles. The van der Waals surface area contributed by atoms with E-state index in [9.17, 15) is 4.79 Å². The maximum absolute atomic E-state index is 12.1. The van der Waals surface area contributed by atoms with Gasteiger partial charge in [0.25, 0.3) is 5.91 Å². The van der Waals surface area contributed by atoms with Crippen molar-refractivity contribution < 1.29 is 4.79 Å². The predicted octanol–water partition coefficient (Wildman–Crippen LogP) is 1.82. The molecule has 0 unspecified atom stereocenters. The largest absolute Gasteiger partial charge is 0.360 e. The Morgan fingerprint density at radius 3 is 2.68 bits per heavy atom. The normalized spacial score (nSPS) is 10.8. The lowest BCUT2D eigenvalue weighted by Crippen LogP contribution is -2.12. The Labute approximate surface area is 142 Å². The van der Waals surface area contributed by atoms with E-state index in [-0.39, 0.29) is 17.3 Å². The van der Waals surface area contributed by atoms with Crippen molar-refractivity contribution in [2.24, 2.45) is 0 Å². The molecule has 9 heteroatoms. The van der Waals surface area contributed by atoms with Gasteiger partial charge in [-0.3, -0.25) is 4.79 Å². The van der Waals surface area contributed by atoms with Crippen LogP contribution in [0.2, 0.25) is 0 Å². The van der Waals surface area contributed by atoms with Gasteiger partial charge in [-0.25, -0.2) is 4.98 Å². The molecule has 2 aromatic heterocycles. The number of pyridine rings is 1. The number of allylic oxidation sites excluding steroid dienone is 1. The average Bonchev–Trinajstić information content (AvgIpc) is 3.18. The molecule has 1 aromatic carbocycles. The van der Waals surface area contributed by atoms with Crippen molar-refractivity contribution in [3.63, 3.8) is 0 Å². The van der Waals surface area contributed by atoms with Crippen LogP contribution in [0.5, 0.6) is 0 Å². The molecule has 0 aliphatic carbocycles. The second-order valence-corrected chi connectivity index (χ2v) is 4.80. The summed E-state index contributed by atoms with van der Waals surface area (Å²) >= 11 is 0. The number of aromatic amines is 1. The molecule has 25 heavy (non-hydrogen) atoms. The van der Waals surface area contributed by atoms with Crippen LogP contribution < -0.4 is 10.6 Å². The first-order valence-corrected chi connectivity index (χ1v) is 7.19. The van der Waals surface area contributed by atoms with Gasteiger partial charge in [0.2, 0.25) is 5.82 Å². The summed E-state index contributed by atoms with van der Waals surface area (Å²) in [5, 5.41) is 27.9. The minimum Gasteiger partial charge on any atom is -0.360 e. The summed E-state index contributed by atoms with van der Waals surface area (Å²) in [6, 6.07) is 14.0. The molecule has 0 saturated heterocycles. The Hall–Kier alpha value is -4.06. The van der Waals surface area contributed by atoms with Crippen molar-refractivity contribution in [1.29, 1.82) is 5.26 Å². The highest BCUT2D eigenvalue weighted by Crippen LogP contribution is 2.13. The SMILES string of the molecule is N#CC(=CNc1ccc(C(=O)Nc2ccccn2)cc1)c1nn[nH]n1. The first-order valence-electron chi connectivity index (χ1n) is 7.19. The van der Waals surface area contributed by atoms with Crippen LogP contribution in [0.15, 0.2) is 54.9 Å². The van der Waals surface area contributed by atoms with E-state index in [1.807, 2.05) is 6.07 Å². The summed E-state index contributed by atoms with van der Waals surface area (Å²) in [4.78, 5) is 16.2. The van der Waals surface area contributed by atoms with Crippen LogP contribution in [0, 0.1) is 11.3 Å². The minimum absolute atomic E-state index is 0.196. The third-order valence-electron chi connectivity index (χ3n) is 3.14. The number of rotatable bonds is 5. The Kier molecular flexibility index (Phi) is 4.73. The first-order chi connectivity index (χ1) is 12.3. The number of nitrogens with one attached hydrogen (secondary N) is 3. The molecule has 2 heterocycles. The number of benzene rings is 1. The Morgan fingerprint density at radius 2 is 2.04 bits per heavy atom. The zero-order chi connectivity index (χ0) is 17.5. The summed E-state index contributed by atoms with van der Waals surface area (Å²) in [6.45, 7) is 0. The summed E-state index contributed by atoms with van der Waals surface area (Å²) < 4.78 is 0. The molecule has 0 aliphatic heterocycles. The number of aromatic nitrogens is 5. The fourth-order valence-corrected chi connectivity index (χ4v) is 1.92. The highest BCUT2D eigenvalue weighted by Gasteiger charge is 2.07. The molecular weight excluding hydrogens is 320 g/mol. The molecule has 9 nitrogen and oxygen atoms in total. The van der Waals surface area contributed by atoms with E-state index in [1.54, 1.807) is 48.7 Å². The number of amides is 1. The number of tetrazole rings is 1. The number of carbonyl (C=O) groups excluding carboxylic acids is 1. The van der Waals surface area contributed by atoms with E-state index in [0.717, 1.165) is 0 Å². The van der Waals surface area contributed by atoms with Gasteiger partial charge < -0.3 is 10.6 Å². The van der Waals surface area contributed by atoms with Crippen molar-refractivity contribution in [3.8, 4) is 6.07 Å². The summed E-state index contributed by atoms with van der Waals surface area (Å²) in [7, 11) is 0. The average molecular weight is 332 g/mol. The third kappa shape index (κ3) is 4.02. The Morgan fingerprint density at radius 1 is 1.20 bits per heavy atom. The van der Waals surface area contributed by atoms with Gasteiger partial charge in [-0.1, -0.05) is 6.07 Å². The molecule has 0 aliphatic rings. The van der Waals surface area contributed by atoms with Crippen LogP contribution in [0.4, 0.5) is 11.5 Å². The number of H-pyrrole nitrogens is 1. The van der Waals surface area contributed by atoms with Gasteiger partial charge in [0.05, 0.1) is 0 Å². The Balaban J connectivity index is 1.66. The number of carbonyl (C=O) groups is 1. The van der Waals surface area contributed by atoms with E-state index in [1.165, 1.54) is 6.20 Å². The first kappa shape index (κ1) is 15.8. The lowest BCUT2D eigenvalue weighted by molar-refractivity contribution is 0.102. The van der Waals surface area contributed by atoms with Gasteiger partial charge in [-0.05, 0) is 41.6 Å². The summed E-state index contributed by atoms with van der Waals surface area (Å²) in [5.41, 5.74) is 1.41. The molecule has 0 spiro atoms. The Bertz CT molecular complexity index is 911. The monoisotopic (exact) mass is 332 g/mol. The highest BCUT2D eigenvalue weighted by molar-refractivity contribution is 6.03. The van der Waals surface area contributed by atoms with Crippen molar-refractivity contribution >= 4 is 23.0 Å². The molecule has 1 amide bonds. The smallest absolute Gasteiger partial charge is 0.256 e. The lowest BCUT2D eigenvalue weighted by Gasteiger charge is -2.05. The van der Waals surface area contributed by atoms with Crippen LogP contribution in [0.1, 0.15) is 16.2 Å². The maximum atomic E-state index is 12.1. The van der Waals surface area contributed by atoms with Gasteiger partial charge in [0.15, 0.2) is 0 Å². The van der Waals surface area contributed by atoms with Gasteiger partial charge in [-0.15, -0.1) is 10.2 Å². The van der Waals surface area contributed by atoms with E-state index in [4.69, 9.17) is 5.26 Å². The topological polar surface area (TPSA) is 132 Å². The molecule has 0 fully saturated rings. The summed E-state index contributed by atoms with van der Waals surface area (Å²) in [5.74, 6) is 0.420. The van der Waals surface area contributed by atoms with Gasteiger partial charge in [0, 0.05) is 23.6 Å². The van der Waals surface area contributed by atoms with E-state index in [0.29, 0.717) is 17.1 Å². The highest BCUT2D eigenvalue weighted by atomic mass is 16.1. The number of hydrogen-bond donors (Lipinski definition) is 3. The molecule has 0 bridgehead atoms. The maximum Gasteiger partial charge on any atom is 0.256 e. The van der Waals surface area contributed by atoms with Gasteiger partial charge >= 0.3 is 0 Å². The lowest BCUT2D eigenvalue weighted by atomic mass is 10.2. The van der Waals surface area contributed by atoms with Crippen LogP contribution >= 0.6 is 0 Å². The minimum atomic E-state index is -0.259. The molecule has 0 atom stereocenters. The van der Waals surface area contributed by atoms with Gasteiger partial charge in [-0.2, -0.15) is 10.5 Å². The number of nitriles is 1. The van der Waals surface area contributed by atoms with Crippen molar-refractivity contribution in [3.05, 3.63) is 66.2 Å². The van der Waals surface area contributed by atoms with Crippen molar-refractivity contribution in [1.82, 2.24) is 25.6 Å². The molecular formula is C16H12N8O. The molecule has 3 rings (SSSR count). The molecule has 0 radical (unpaired) electrons. The fraction of sp³-hybridized carbons (Fsp3) is 0. The van der Waals surface area contributed by atoms with Crippen LogP contribution in [-0.2, 0) is 0 Å². The van der Waals surface area contributed by atoms with Crippen LogP contribution in [0.25, 0.3) is 5.57 Å². The molecule has 3 N–H and O–H groups in total. The summed E-state index contributed by atoms with van der Waals surface area (Å²) in [6.07, 6.45) is 3.07. The number of nitrogens with zero attached hydrogens (tertiary/aromatic N) is 5. The van der Waals surface area contributed by atoms with Crippen LogP contribution in [0.3, 0.4) is 0 Å². The zero-order valence-corrected chi connectivity index (χ0v) is 12.8. The second kappa shape index (κ2) is 7.47. The zero-order valence-electron chi connectivity index (χ0n) is 12.8. The number of hydrogen-bond acceptors (Lipinski definition) is 7. The van der Waals surface area contributed by atoms with Crippen LogP contribution in [-0.4, -0.2) is 31.5 Å². The molecule has 3 aromatic rings. The van der Waals surface area contributed by atoms with E-state index >= 15 is 0 Å².